The highest BCUT2D eigenvalue weighted by Crippen LogP contribution is 2.38. The number of halogens is 1. The molecule has 0 aromatic carbocycles. The van der Waals surface area contributed by atoms with E-state index in [0.717, 1.165) is 13.0 Å². The highest BCUT2D eigenvalue weighted by Gasteiger charge is 2.53. The molecule has 0 atom stereocenters. The number of ether oxygens (including phenoxy) is 1. The molecule has 1 aromatic heterocycles. The maximum absolute atomic E-state index is 12.1. The molecule has 16 heavy (non-hydrogen) atoms. The fourth-order valence-electron chi connectivity index (χ4n) is 2.07. The SMILES string of the molecule is O=C(c1cnc(Cl)nc1)N1CCC12COC2. The van der Waals surface area contributed by atoms with Gasteiger partial charge in [0.15, 0.2) is 0 Å². The van der Waals surface area contributed by atoms with Gasteiger partial charge in [-0.05, 0) is 18.0 Å². The summed E-state index contributed by atoms with van der Waals surface area (Å²) in [6.07, 6.45) is 3.94. The largest absolute Gasteiger partial charge is 0.376 e. The van der Waals surface area contributed by atoms with E-state index in [1.54, 1.807) is 0 Å². The predicted molar refractivity (Wildman–Crippen MR) is 56.2 cm³/mol. The van der Waals surface area contributed by atoms with Gasteiger partial charge in [-0.1, -0.05) is 0 Å². The monoisotopic (exact) mass is 239 g/mol. The van der Waals surface area contributed by atoms with Crippen LogP contribution in [-0.4, -0.2) is 46.1 Å². The molecule has 1 aromatic rings. The Morgan fingerprint density at radius 3 is 2.56 bits per heavy atom. The zero-order chi connectivity index (χ0) is 11.2. The van der Waals surface area contributed by atoms with Crippen molar-refractivity contribution in [2.45, 2.75) is 12.0 Å². The van der Waals surface area contributed by atoms with Crippen molar-refractivity contribution in [2.24, 2.45) is 0 Å². The molecule has 3 rings (SSSR count). The molecule has 3 heterocycles. The topological polar surface area (TPSA) is 55.3 Å². The minimum absolute atomic E-state index is 0.0359. The number of carbonyl (C=O) groups excluding carboxylic acids is 1. The molecule has 0 radical (unpaired) electrons. The summed E-state index contributed by atoms with van der Waals surface area (Å²) >= 11 is 5.57. The lowest BCUT2D eigenvalue weighted by atomic mass is 9.82. The summed E-state index contributed by atoms with van der Waals surface area (Å²) in [5.74, 6) is -0.0359. The highest BCUT2D eigenvalue weighted by atomic mass is 35.5. The number of hydrogen-bond acceptors (Lipinski definition) is 4. The first-order chi connectivity index (χ1) is 7.71. The second kappa shape index (κ2) is 3.40. The molecule has 0 bridgehead atoms. The summed E-state index contributed by atoms with van der Waals surface area (Å²) in [6, 6.07) is 0. The minimum atomic E-state index is -0.0449. The highest BCUT2D eigenvalue weighted by molar-refractivity contribution is 6.28. The van der Waals surface area contributed by atoms with Crippen LogP contribution >= 0.6 is 11.6 Å². The number of nitrogens with zero attached hydrogens (tertiary/aromatic N) is 3. The first-order valence-corrected chi connectivity index (χ1v) is 5.46. The van der Waals surface area contributed by atoms with Crippen LogP contribution in [0.4, 0.5) is 0 Å². The Morgan fingerprint density at radius 2 is 2.12 bits per heavy atom. The normalized spacial score (nSPS) is 21.4. The van der Waals surface area contributed by atoms with E-state index in [1.807, 2.05) is 4.90 Å². The van der Waals surface area contributed by atoms with E-state index in [2.05, 4.69) is 9.97 Å². The molecule has 2 fully saturated rings. The van der Waals surface area contributed by atoms with Gasteiger partial charge in [-0.2, -0.15) is 0 Å². The van der Waals surface area contributed by atoms with Crippen LogP contribution in [0.25, 0.3) is 0 Å². The van der Waals surface area contributed by atoms with Crippen LogP contribution in [0.2, 0.25) is 5.28 Å². The molecule has 2 aliphatic heterocycles. The molecule has 2 saturated heterocycles. The van der Waals surface area contributed by atoms with Crippen LogP contribution in [0, 0.1) is 0 Å². The van der Waals surface area contributed by atoms with Crippen molar-refractivity contribution < 1.29 is 9.53 Å². The molecule has 2 aliphatic rings. The standard InChI is InChI=1S/C10H10ClN3O2/c11-9-12-3-7(4-13-9)8(15)14-2-1-10(14)5-16-6-10/h3-4H,1-2,5-6H2. The van der Waals surface area contributed by atoms with Gasteiger partial charge < -0.3 is 9.64 Å². The Labute approximate surface area is 97.4 Å². The predicted octanol–water partition coefficient (Wildman–Crippen LogP) is 0.745. The van der Waals surface area contributed by atoms with Crippen LogP contribution < -0.4 is 0 Å². The molecule has 6 heteroatoms. The zero-order valence-corrected chi connectivity index (χ0v) is 9.28. The average Bonchev–Trinajstić information content (AvgIpc) is 2.14. The van der Waals surface area contributed by atoms with Crippen molar-refractivity contribution in [3.05, 3.63) is 23.2 Å². The van der Waals surface area contributed by atoms with Crippen molar-refractivity contribution in [3.8, 4) is 0 Å². The van der Waals surface area contributed by atoms with Crippen LogP contribution in [0.5, 0.6) is 0 Å². The molecular formula is C10H10ClN3O2. The summed E-state index contributed by atoms with van der Waals surface area (Å²) in [5, 5.41) is 0.154. The van der Waals surface area contributed by atoms with Gasteiger partial charge in [0, 0.05) is 18.9 Å². The van der Waals surface area contributed by atoms with E-state index in [9.17, 15) is 4.79 Å². The fourth-order valence-corrected chi connectivity index (χ4v) is 2.17. The van der Waals surface area contributed by atoms with E-state index in [0.29, 0.717) is 18.8 Å². The van der Waals surface area contributed by atoms with Crippen LogP contribution in [0.15, 0.2) is 12.4 Å². The molecule has 5 nitrogen and oxygen atoms in total. The lowest BCUT2D eigenvalue weighted by Gasteiger charge is -2.57. The first-order valence-electron chi connectivity index (χ1n) is 5.09. The third kappa shape index (κ3) is 1.32. The Morgan fingerprint density at radius 1 is 1.44 bits per heavy atom. The average molecular weight is 240 g/mol. The lowest BCUT2D eigenvalue weighted by Crippen LogP contribution is -2.72. The number of likely N-dealkylation sites (tertiary alicyclic amines) is 1. The molecule has 1 spiro atoms. The number of rotatable bonds is 1. The summed E-state index contributed by atoms with van der Waals surface area (Å²) in [6.45, 7) is 2.07. The Bertz CT molecular complexity index is 425. The molecular weight excluding hydrogens is 230 g/mol. The number of aromatic nitrogens is 2. The van der Waals surface area contributed by atoms with Crippen molar-refractivity contribution in [2.75, 3.05) is 19.8 Å². The third-order valence-electron chi connectivity index (χ3n) is 3.23. The summed E-state index contributed by atoms with van der Waals surface area (Å²) in [4.78, 5) is 21.5. The van der Waals surface area contributed by atoms with Gasteiger partial charge in [-0.25, -0.2) is 9.97 Å². The third-order valence-corrected chi connectivity index (χ3v) is 3.42. The van der Waals surface area contributed by atoms with E-state index in [4.69, 9.17) is 16.3 Å². The molecule has 0 unspecified atom stereocenters. The van der Waals surface area contributed by atoms with Gasteiger partial charge in [0.05, 0.1) is 24.3 Å². The van der Waals surface area contributed by atoms with Gasteiger partial charge in [0.1, 0.15) is 0 Å². The number of hydrogen-bond donors (Lipinski definition) is 0. The Balaban J connectivity index is 1.80. The van der Waals surface area contributed by atoms with Gasteiger partial charge in [0.2, 0.25) is 5.28 Å². The quantitative estimate of drug-likeness (QED) is 0.679. The van der Waals surface area contributed by atoms with Crippen molar-refractivity contribution in [1.82, 2.24) is 14.9 Å². The van der Waals surface area contributed by atoms with Crippen LogP contribution in [0.3, 0.4) is 0 Å². The maximum Gasteiger partial charge on any atom is 0.257 e. The van der Waals surface area contributed by atoms with Crippen molar-refractivity contribution >= 4 is 17.5 Å². The van der Waals surface area contributed by atoms with Crippen molar-refractivity contribution in [1.29, 1.82) is 0 Å². The van der Waals surface area contributed by atoms with Gasteiger partial charge in [-0.15, -0.1) is 0 Å². The van der Waals surface area contributed by atoms with Gasteiger partial charge >= 0.3 is 0 Å². The van der Waals surface area contributed by atoms with E-state index < -0.39 is 0 Å². The smallest absolute Gasteiger partial charge is 0.257 e. The number of amides is 1. The summed E-state index contributed by atoms with van der Waals surface area (Å²) in [5.41, 5.74) is 0.437. The van der Waals surface area contributed by atoms with E-state index in [1.165, 1.54) is 12.4 Å². The fraction of sp³-hybridized carbons (Fsp3) is 0.500. The molecule has 84 valence electrons. The lowest BCUT2D eigenvalue weighted by molar-refractivity contribution is -0.172. The van der Waals surface area contributed by atoms with Gasteiger partial charge in [-0.3, -0.25) is 4.79 Å². The molecule has 0 saturated carbocycles. The maximum atomic E-state index is 12.1. The van der Waals surface area contributed by atoms with Crippen molar-refractivity contribution in [3.63, 3.8) is 0 Å². The Hall–Kier alpha value is -1.20. The second-order valence-electron chi connectivity index (χ2n) is 4.16. The second-order valence-corrected chi connectivity index (χ2v) is 4.50. The molecule has 1 amide bonds. The first kappa shape index (κ1) is 9.99. The van der Waals surface area contributed by atoms with E-state index >= 15 is 0 Å². The van der Waals surface area contributed by atoms with E-state index in [-0.39, 0.29) is 16.7 Å². The number of carbonyl (C=O) groups is 1. The van der Waals surface area contributed by atoms with Crippen LogP contribution in [0.1, 0.15) is 16.8 Å². The minimum Gasteiger partial charge on any atom is -0.376 e. The zero-order valence-electron chi connectivity index (χ0n) is 8.52. The molecule has 0 N–H and O–H groups in total. The Kier molecular flexibility index (Phi) is 2.12. The summed E-state index contributed by atoms with van der Waals surface area (Å²) < 4.78 is 5.17. The van der Waals surface area contributed by atoms with Gasteiger partial charge in [0.25, 0.3) is 5.91 Å². The van der Waals surface area contributed by atoms with Crippen LogP contribution in [-0.2, 0) is 4.74 Å². The summed E-state index contributed by atoms with van der Waals surface area (Å²) in [7, 11) is 0. The molecule has 0 aliphatic carbocycles.